The Labute approximate surface area is 183 Å². The van der Waals surface area contributed by atoms with Crippen LogP contribution in [0.25, 0.3) is 11.3 Å². The first-order chi connectivity index (χ1) is 15.2. The minimum atomic E-state index is -3.01. The van der Waals surface area contributed by atoms with Crippen molar-refractivity contribution in [1.29, 1.82) is 0 Å². The van der Waals surface area contributed by atoms with E-state index in [4.69, 9.17) is 4.74 Å². The number of alkyl halides is 2. The number of anilines is 1. The SMILES string of the molecule is C[C@H]1[C@H](O)CN1c1nc(-c2ccc3c(c2)OC[C@@]32CN(C)C(=O)N2)c2c(n1)C(F)(F)CC2. The van der Waals surface area contributed by atoms with Crippen LogP contribution < -0.4 is 15.0 Å². The Bertz CT molecular complexity index is 1160. The van der Waals surface area contributed by atoms with Crippen molar-refractivity contribution in [3.05, 3.63) is 35.0 Å². The number of rotatable bonds is 2. The number of aliphatic hydroxyl groups excluding tert-OH is 1. The lowest BCUT2D eigenvalue weighted by atomic mass is 9.91. The van der Waals surface area contributed by atoms with Crippen molar-refractivity contribution in [3.8, 4) is 17.0 Å². The molecule has 1 spiro atoms. The minimum absolute atomic E-state index is 0.156. The molecule has 10 heteroatoms. The van der Waals surface area contributed by atoms with Crippen LogP contribution in [0.3, 0.4) is 0 Å². The van der Waals surface area contributed by atoms with Gasteiger partial charge in [0.1, 0.15) is 23.6 Å². The van der Waals surface area contributed by atoms with Gasteiger partial charge in [0.25, 0.3) is 5.92 Å². The van der Waals surface area contributed by atoms with Gasteiger partial charge in [-0.25, -0.2) is 14.8 Å². The fourth-order valence-corrected chi connectivity index (χ4v) is 5.15. The van der Waals surface area contributed by atoms with Crippen molar-refractivity contribution < 1.29 is 23.4 Å². The van der Waals surface area contributed by atoms with Crippen molar-refractivity contribution in [2.45, 2.75) is 43.4 Å². The van der Waals surface area contributed by atoms with Crippen LogP contribution in [0.2, 0.25) is 0 Å². The summed E-state index contributed by atoms with van der Waals surface area (Å²) in [6.07, 6.45) is -0.631. The van der Waals surface area contributed by atoms with Gasteiger partial charge >= 0.3 is 6.03 Å². The van der Waals surface area contributed by atoms with E-state index in [2.05, 4.69) is 15.3 Å². The molecule has 168 valence electrons. The van der Waals surface area contributed by atoms with Gasteiger partial charge in [0.05, 0.1) is 24.4 Å². The predicted octanol–water partition coefficient (Wildman–Crippen LogP) is 1.99. The van der Waals surface area contributed by atoms with E-state index >= 15 is 0 Å². The standard InChI is InChI=1S/C22H23F2N5O3/c1-11-15(30)8-29(11)19-25-17(13-5-6-22(23,24)18(13)26-19)12-3-4-14-16(7-12)32-10-21(14)9-28(2)20(31)27-21/h3-4,7,11,15,30H,5-6,8-10H2,1-2H3,(H,27,31)/t11-,15+,21-/m0/s1. The van der Waals surface area contributed by atoms with Crippen LogP contribution in [-0.4, -0.2) is 64.9 Å². The molecule has 6 rings (SSSR count). The van der Waals surface area contributed by atoms with Crippen molar-refractivity contribution >= 4 is 12.0 Å². The number of halogens is 2. The van der Waals surface area contributed by atoms with Crippen LogP contribution in [0.4, 0.5) is 19.5 Å². The van der Waals surface area contributed by atoms with E-state index in [0.717, 1.165) is 5.56 Å². The Hall–Kier alpha value is -3.01. The molecule has 2 fully saturated rings. The molecule has 0 radical (unpaired) electrons. The Morgan fingerprint density at radius 1 is 1.31 bits per heavy atom. The lowest BCUT2D eigenvalue weighted by Crippen LogP contribution is -2.59. The summed E-state index contributed by atoms with van der Waals surface area (Å²) in [5.41, 5.74) is 1.63. The van der Waals surface area contributed by atoms with Gasteiger partial charge in [-0.2, -0.15) is 8.78 Å². The molecule has 0 bridgehead atoms. The molecule has 2 saturated heterocycles. The molecule has 1 aromatic carbocycles. The topological polar surface area (TPSA) is 90.8 Å². The van der Waals surface area contributed by atoms with Gasteiger partial charge in [-0.3, -0.25) is 0 Å². The summed E-state index contributed by atoms with van der Waals surface area (Å²) in [5, 5.41) is 12.9. The molecule has 1 aliphatic carbocycles. The number of nitrogens with zero attached hydrogens (tertiary/aromatic N) is 4. The third-order valence-electron chi connectivity index (χ3n) is 7.16. The van der Waals surface area contributed by atoms with E-state index in [-0.39, 0.29) is 36.6 Å². The number of hydrogen-bond acceptors (Lipinski definition) is 6. The number of hydrogen-bond donors (Lipinski definition) is 2. The van der Waals surface area contributed by atoms with Gasteiger partial charge < -0.3 is 25.0 Å². The van der Waals surface area contributed by atoms with Crippen molar-refractivity contribution in [2.24, 2.45) is 0 Å². The molecular weight excluding hydrogens is 420 g/mol. The Balaban J connectivity index is 1.44. The van der Waals surface area contributed by atoms with E-state index in [1.165, 1.54) is 0 Å². The first-order valence-electron chi connectivity index (χ1n) is 10.7. The summed E-state index contributed by atoms with van der Waals surface area (Å²) in [6, 6.07) is 5.15. The smallest absolute Gasteiger partial charge is 0.318 e. The second-order valence-electron chi connectivity index (χ2n) is 9.23. The first-order valence-corrected chi connectivity index (χ1v) is 10.7. The molecule has 2 amide bonds. The highest BCUT2D eigenvalue weighted by Crippen LogP contribution is 2.47. The van der Waals surface area contributed by atoms with Crippen molar-refractivity contribution in [2.75, 3.05) is 31.6 Å². The summed E-state index contributed by atoms with van der Waals surface area (Å²) >= 11 is 0. The molecular formula is C22H23F2N5O3. The lowest BCUT2D eigenvalue weighted by Gasteiger charge is -2.43. The van der Waals surface area contributed by atoms with Crippen molar-refractivity contribution in [3.63, 3.8) is 0 Å². The quantitative estimate of drug-likeness (QED) is 0.738. The number of aromatic nitrogens is 2. The number of ether oxygens (including phenoxy) is 1. The maximum Gasteiger partial charge on any atom is 0.318 e. The highest BCUT2D eigenvalue weighted by molar-refractivity contribution is 5.79. The Morgan fingerprint density at radius 3 is 2.81 bits per heavy atom. The summed E-state index contributed by atoms with van der Waals surface area (Å²) in [6.45, 7) is 2.94. The summed E-state index contributed by atoms with van der Waals surface area (Å²) in [7, 11) is 1.73. The largest absolute Gasteiger partial charge is 0.490 e. The number of β-amino-alcohol motifs (C(OH)–C–C–N with tert-alkyl or cyclic N) is 1. The van der Waals surface area contributed by atoms with Gasteiger partial charge in [-0.15, -0.1) is 0 Å². The van der Waals surface area contributed by atoms with Gasteiger partial charge in [-0.1, -0.05) is 12.1 Å². The fraction of sp³-hybridized carbons (Fsp3) is 0.500. The molecule has 8 nitrogen and oxygen atoms in total. The normalized spacial score (nSPS) is 29.6. The van der Waals surface area contributed by atoms with Crippen LogP contribution in [0, 0.1) is 0 Å². The van der Waals surface area contributed by atoms with Crippen LogP contribution in [-0.2, 0) is 17.9 Å². The first kappa shape index (κ1) is 19.7. The Morgan fingerprint density at radius 2 is 2.12 bits per heavy atom. The number of likely N-dealkylation sites (N-methyl/N-ethyl adjacent to an activating group) is 1. The number of aliphatic hydroxyl groups is 1. The number of amides is 2. The minimum Gasteiger partial charge on any atom is -0.490 e. The zero-order chi connectivity index (χ0) is 22.4. The summed E-state index contributed by atoms with van der Waals surface area (Å²) < 4.78 is 35.2. The number of fused-ring (bicyclic) bond motifs is 3. The van der Waals surface area contributed by atoms with E-state index < -0.39 is 17.6 Å². The third-order valence-corrected chi connectivity index (χ3v) is 7.16. The second kappa shape index (κ2) is 6.28. The number of carbonyl (C=O) groups is 1. The highest BCUT2D eigenvalue weighted by Gasteiger charge is 2.49. The highest BCUT2D eigenvalue weighted by atomic mass is 19.3. The summed E-state index contributed by atoms with van der Waals surface area (Å²) in [4.78, 5) is 24.3. The molecule has 0 saturated carbocycles. The molecule has 32 heavy (non-hydrogen) atoms. The predicted molar refractivity (Wildman–Crippen MR) is 111 cm³/mol. The molecule has 2 aromatic rings. The van der Waals surface area contributed by atoms with Crippen LogP contribution in [0.5, 0.6) is 5.75 Å². The third kappa shape index (κ3) is 2.58. The zero-order valence-electron chi connectivity index (χ0n) is 17.7. The van der Waals surface area contributed by atoms with E-state index in [9.17, 15) is 18.7 Å². The molecule has 4 aliphatic rings. The monoisotopic (exact) mass is 443 g/mol. The maximum absolute atomic E-state index is 14.6. The zero-order valence-corrected chi connectivity index (χ0v) is 17.7. The fourth-order valence-electron chi connectivity index (χ4n) is 5.15. The maximum atomic E-state index is 14.6. The van der Waals surface area contributed by atoms with Gasteiger partial charge in [0, 0.05) is 36.7 Å². The average Bonchev–Trinajstić information content (AvgIpc) is 3.38. The van der Waals surface area contributed by atoms with Gasteiger partial charge in [-0.05, 0) is 19.4 Å². The van der Waals surface area contributed by atoms with Crippen LogP contribution in [0.1, 0.15) is 30.2 Å². The van der Waals surface area contributed by atoms with E-state index in [1.807, 2.05) is 25.1 Å². The van der Waals surface area contributed by atoms with Crippen LogP contribution in [0.15, 0.2) is 18.2 Å². The van der Waals surface area contributed by atoms with E-state index in [0.29, 0.717) is 42.3 Å². The molecule has 3 aliphatic heterocycles. The van der Waals surface area contributed by atoms with Gasteiger partial charge in [0.2, 0.25) is 5.95 Å². The molecule has 4 heterocycles. The Kier molecular flexibility index (Phi) is 3.86. The number of nitrogens with one attached hydrogen (secondary N) is 1. The molecule has 2 N–H and O–H groups in total. The summed E-state index contributed by atoms with van der Waals surface area (Å²) in [5.74, 6) is -2.19. The van der Waals surface area contributed by atoms with Gasteiger partial charge in [0.15, 0.2) is 0 Å². The van der Waals surface area contributed by atoms with Crippen LogP contribution >= 0.6 is 0 Å². The number of urea groups is 1. The number of benzene rings is 1. The molecule has 0 unspecified atom stereocenters. The lowest BCUT2D eigenvalue weighted by molar-refractivity contribution is -0.00603. The molecule has 1 aromatic heterocycles. The van der Waals surface area contributed by atoms with Crippen molar-refractivity contribution in [1.82, 2.24) is 20.2 Å². The molecule has 3 atom stereocenters. The van der Waals surface area contributed by atoms with E-state index in [1.54, 1.807) is 16.8 Å². The average molecular weight is 443 g/mol. The number of carbonyl (C=O) groups excluding carboxylic acids is 1. The second-order valence-corrected chi connectivity index (χ2v) is 9.23.